The second-order valence-electron chi connectivity index (χ2n) is 6.75. The van der Waals surface area contributed by atoms with Gasteiger partial charge in [-0.05, 0) is 51.3 Å². The number of hydrogen-bond donors (Lipinski definition) is 1. The van der Waals surface area contributed by atoms with Crippen molar-refractivity contribution in [1.82, 2.24) is 4.90 Å². The molecule has 2 amide bonds. The van der Waals surface area contributed by atoms with Gasteiger partial charge in [-0.25, -0.2) is 0 Å². The molecule has 0 aromatic heterocycles. The number of nitrogens with zero attached hydrogens (tertiary/aromatic N) is 1. The highest BCUT2D eigenvalue weighted by molar-refractivity contribution is 6.31. The molecule has 1 saturated heterocycles. The number of hydrogen-bond acceptors (Lipinski definition) is 2. The van der Waals surface area contributed by atoms with Crippen LogP contribution in [0.3, 0.4) is 0 Å². The molecule has 1 aliphatic heterocycles. The van der Waals surface area contributed by atoms with E-state index < -0.39 is 5.41 Å². The van der Waals surface area contributed by atoms with Crippen LogP contribution in [-0.2, 0) is 9.59 Å². The fourth-order valence-electron chi connectivity index (χ4n) is 2.72. The lowest BCUT2D eigenvalue weighted by molar-refractivity contribution is -0.146. The molecule has 2 rings (SSSR count). The summed E-state index contributed by atoms with van der Waals surface area (Å²) in [6.45, 7) is 6.76. The van der Waals surface area contributed by atoms with E-state index in [4.69, 9.17) is 11.6 Å². The van der Waals surface area contributed by atoms with E-state index in [2.05, 4.69) is 5.32 Å². The first-order valence-electron chi connectivity index (χ1n) is 8.19. The van der Waals surface area contributed by atoms with Gasteiger partial charge in [0.05, 0.1) is 0 Å². The molecule has 23 heavy (non-hydrogen) atoms. The number of anilines is 1. The van der Waals surface area contributed by atoms with Gasteiger partial charge in [0.15, 0.2) is 0 Å². The summed E-state index contributed by atoms with van der Waals surface area (Å²) in [5.41, 5.74) is 0.466. The van der Waals surface area contributed by atoms with Crippen LogP contribution >= 0.6 is 11.6 Å². The summed E-state index contributed by atoms with van der Waals surface area (Å²) >= 11 is 6.09. The molecule has 1 fully saturated rings. The van der Waals surface area contributed by atoms with Crippen molar-refractivity contribution in [2.24, 2.45) is 5.41 Å². The van der Waals surface area contributed by atoms with E-state index in [0.29, 0.717) is 10.7 Å². The fraction of sp³-hybridized carbons (Fsp3) is 0.556. The summed E-state index contributed by atoms with van der Waals surface area (Å²) in [7, 11) is 0. The summed E-state index contributed by atoms with van der Waals surface area (Å²) in [6.07, 6.45) is 4.32. The summed E-state index contributed by atoms with van der Waals surface area (Å²) in [5.74, 6) is -0.401. The monoisotopic (exact) mass is 336 g/mol. The van der Waals surface area contributed by atoms with E-state index >= 15 is 0 Å². The van der Waals surface area contributed by atoms with Crippen LogP contribution in [0.2, 0.25) is 5.02 Å². The van der Waals surface area contributed by atoms with E-state index in [1.807, 2.05) is 17.9 Å². The normalized spacial score (nSPS) is 15.9. The molecule has 0 saturated carbocycles. The topological polar surface area (TPSA) is 49.4 Å². The maximum absolute atomic E-state index is 12.8. The van der Waals surface area contributed by atoms with Gasteiger partial charge in [0.1, 0.15) is 5.41 Å². The van der Waals surface area contributed by atoms with E-state index in [1.165, 1.54) is 0 Å². The first-order chi connectivity index (χ1) is 10.8. The molecular formula is C18H25ClN2O2. The summed E-state index contributed by atoms with van der Waals surface area (Å²) in [4.78, 5) is 27.2. The van der Waals surface area contributed by atoms with Gasteiger partial charge in [-0.1, -0.05) is 30.5 Å². The SMILES string of the molecule is Cc1ccc(NC(=O)C(C)(C)C(=O)N2CCCCCC2)cc1Cl. The van der Waals surface area contributed by atoms with Crippen LogP contribution in [0.5, 0.6) is 0 Å². The van der Waals surface area contributed by atoms with Crippen molar-refractivity contribution in [3.63, 3.8) is 0 Å². The minimum Gasteiger partial charge on any atom is -0.342 e. The Morgan fingerprint density at radius 1 is 1.13 bits per heavy atom. The molecular weight excluding hydrogens is 312 g/mol. The third kappa shape index (κ3) is 4.25. The van der Waals surface area contributed by atoms with Crippen molar-refractivity contribution in [2.75, 3.05) is 18.4 Å². The van der Waals surface area contributed by atoms with Gasteiger partial charge in [0, 0.05) is 23.8 Å². The fourth-order valence-corrected chi connectivity index (χ4v) is 2.90. The number of carbonyl (C=O) groups excluding carboxylic acids is 2. The number of nitrogens with one attached hydrogen (secondary N) is 1. The van der Waals surface area contributed by atoms with Gasteiger partial charge in [-0.3, -0.25) is 9.59 Å². The zero-order valence-corrected chi connectivity index (χ0v) is 14.9. The molecule has 1 aliphatic rings. The maximum Gasteiger partial charge on any atom is 0.239 e. The molecule has 5 heteroatoms. The van der Waals surface area contributed by atoms with Gasteiger partial charge in [0.25, 0.3) is 0 Å². The Labute approximate surface area is 143 Å². The zero-order chi connectivity index (χ0) is 17.0. The third-order valence-corrected chi connectivity index (χ3v) is 4.83. The van der Waals surface area contributed by atoms with Gasteiger partial charge in [-0.2, -0.15) is 0 Å². The van der Waals surface area contributed by atoms with Crippen molar-refractivity contribution >= 4 is 29.1 Å². The van der Waals surface area contributed by atoms with Crippen LogP contribution in [0.25, 0.3) is 0 Å². The van der Waals surface area contributed by atoms with Crippen LogP contribution < -0.4 is 5.32 Å². The van der Waals surface area contributed by atoms with Crippen molar-refractivity contribution in [3.8, 4) is 0 Å². The van der Waals surface area contributed by atoms with Crippen molar-refractivity contribution < 1.29 is 9.59 Å². The summed E-state index contributed by atoms with van der Waals surface area (Å²) in [6, 6.07) is 5.36. The molecule has 4 nitrogen and oxygen atoms in total. The largest absolute Gasteiger partial charge is 0.342 e. The number of carbonyl (C=O) groups is 2. The highest BCUT2D eigenvalue weighted by Crippen LogP contribution is 2.26. The first kappa shape index (κ1) is 17.8. The minimum absolute atomic E-state index is 0.102. The Bertz CT molecular complexity index is 591. The number of benzene rings is 1. The Hall–Kier alpha value is -1.55. The number of likely N-dealkylation sites (tertiary alicyclic amines) is 1. The van der Waals surface area contributed by atoms with Gasteiger partial charge in [-0.15, -0.1) is 0 Å². The highest BCUT2D eigenvalue weighted by Gasteiger charge is 2.39. The molecule has 0 aliphatic carbocycles. The second-order valence-corrected chi connectivity index (χ2v) is 7.16. The number of amides is 2. The van der Waals surface area contributed by atoms with Crippen LogP contribution in [0.4, 0.5) is 5.69 Å². The van der Waals surface area contributed by atoms with E-state index in [0.717, 1.165) is 44.3 Å². The Kier molecular flexibility index (Phi) is 5.69. The maximum atomic E-state index is 12.8. The molecule has 0 bridgehead atoms. The molecule has 0 spiro atoms. The number of rotatable bonds is 3. The van der Waals surface area contributed by atoms with Crippen molar-refractivity contribution in [1.29, 1.82) is 0 Å². The van der Waals surface area contributed by atoms with Gasteiger partial charge < -0.3 is 10.2 Å². The molecule has 0 atom stereocenters. The zero-order valence-electron chi connectivity index (χ0n) is 14.1. The second kappa shape index (κ2) is 7.35. The predicted octanol–water partition coefficient (Wildman–Crippen LogP) is 4.02. The average molecular weight is 337 g/mol. The van der Waals surface area contributed by atoms with Gasteiger partial charge in [0.2, 0.25) is 11.8 Å². The van der Waals surface area contributed by atoms with Crippen LogP contribution in [-0.4, -0.2) is 29.8 Å². The van der Waals surface area contributed by atoms with Crippen LogP contribution in [0.1, 0.15) is 45.1 Å². The summed E-state index contributed by atoms with van der Waals surface area (Å²) < 4.78 is 0. The van der Waals surface area contributed by atoms with Crippen molar-refractivity contribution in [3.05, 3.63) is 28.8 Å². The minimum atomic E-state index is -1.10. The highest BCUT2D eigenvalue weighted by atomic mass is 35.5. The molecule has 1 N–H and O–H groups in total. The van der Waals surface area contributed by atoms with Crippen molar-refractivity contribution in [2.45, 2.75) is 46.5 Å². The first-order valence-corrected chi connectivity index (χ1v) is 8.57. The smallest absolute Gasteiger partial charge is 0.239 e. The quantitative estimate of drug-likeness (QED) is 0.848. The standard InChI is InChI=1S/C18H25ClN2O2/c1-13-8-9-14(12-15(13)19)20-16(22)18(2,3)17(23)21-10-6-4-5-7-11-21/h8-9,12H,4-7,10-11H2,1-3H3,(H,20,22). The Morgan fingerprint density at radius 3 is 2.30 bits per heavy atom. The molecule has 0 unspecified atom stereocenters. The van der Waals surface area contributed by atoms with E-state index in [9.17, 15) is 9.59 Å². The third-order valence-electron chi connectivity index (χ3n) is 4.43. The molecule has 0 radical (unpaired) electrons. The molecule has 1 aromatic carbocycles. The lowest BCUT2D eigenvalue weighted by atomic mass is 9.90. The summed E-state index contributed by atoms with van der Waals surface area (Å²) in [5, 5.41) is 3.41. The number of halogens is 1. The van der Waals surface area contributed by atoms with Gasteiger partial charge >= 0.3 is 0 Å². The van der Waals surface area contributed by atoms with E-state index in [1.54, 1.807) is 26.0 Å². The Balaban J connectivity index is 2.08. The molecule has 1 heterocycles. The lowest BCUT2D eigenvalue weighted by Gasteiger charge is -2.30. The van der Waals surface area contributed by atoms with Crippen LogP contribution in [0.15, 0.2) is 18.2 Å². The van der Waals surface area contributed by atoms with Crippen LogP contribution in [0, 0.1) is 12.3 Å². The average Bonchev–Trinajstić information content (AvgIpc) is 2.79. The number of aryl methyl sites for hydroxylation is 1. The molecule has 1 aromatic rings. The predicted molar refractivity (Wildman–Crippen MR) is 93.6 cm³/mol. The lowest BCUT2D eigenvalue weighted by Crippen LogP contribution is -2.47. The van der Waals surface area contributed by atoms with E-state index in [-0.39, 0.29) is 11.8 Å². The molecule has 126 valence electrons. The Morgan fingerprint density at radius 2 is 1.74 bits per heavy atom.